The van der Waals surface area contributed by atoms with Crippen molar-refractivity contribution in [3.05, 3.63) is 93.7 Å². The van der Waals surface area contributed by atoms with Crippen LogP contribution in [0, 0.1) is 5.82 Å². The number of alkyl carbamates (subject to hydrolysis) is 1. The summed E-state index contributed by atoms with van der Waals surface area (Å²) in [5, 5.41) is 11.7. The van der Waals surface area contributed by atoms with Gasteiger partial charge in [-0.3, -0.25) is 4.79 Å². The van der Waals surface area contributed by atoms with Crippen LogP contribution in [0.15, 0.2) is 71.2 Å². The van der Waals surface area contributed by atoms with E-state index >= 15 is 0 Å². The number of ether oxygens (including phenoxy) is 1. The molecule has 0 spiro atoms. The Hall–Kier alpha value is -3.19. The number of carboxylic acid groups (broad SMARTS) is 1. The van der Waals surface area contributed by atoms with Gasteiger partial charge in [0.15, 0.2) is 0 Å². The van der Waals surface area contributed by atoms with Crippen LogP contribution in [0.3, 0.4) is 0 Å². The quantitative estimate of drug-likeness (QED) is 0.475. The van der Waals surface area contributed by atoms with Crippen LogP contribution in [0.25, 0.3) is 11.1 Å². The second kappa shape index (κ2) is 8.89. The van der Waals surface area contributed by atoms with E-state index in [0.717, 1.165) is 22.3 Å². The molecule has 0 heterocycles. The van der Waals surface area contributed by atoms with Gasteiger partial charge >= 0.3 is 12.1 Å². The van der Waals surface area contributed by atoms with Gasteiger partial charge < -0.3 is 15.2 Å². The lowest BCUT2D eigenvalue weighted by molar-refractivity contribution is -0.137. The van der Waals surface area contributed by atoms with Gasteiger partial charge in [0.05, 0.1) is 12.5 Å². The van der Waals surface area contributed by atoms with E-state index in [0.29, 0.717) is 4.47 Å². The number of rotatable bonds is 6. The predicted molar refractivity (Wildman–Crippen MR) is 117 cm³/mol. The number of carbonyl (C=O) groups excluding carboxylic acids is 1. The molecule has 0 bridgehead atoms. The average molecular weight is 484 g/mol. The first kappa shape index (κ1) is 21.1. The molecule has 7 heteroatoms. The van der Waals surface area contributed by atoms with Gasteiger partial charge in [-0.05, 0) is 40.5 Å². The van der Waals surface area contributed by atoms with Gasteiger partial charge in [0.1, 0.15) is 12.4 Å². The lowest BCUT2D eigenvalue weighted by atomic mass is 9.98. The minimum atomic E-state index is -1.16. The smallest absolute Gasteiger partial charge is 0.407 e. The molecule has 3 aromatic rings. The van der Waals surface area contributed by atoms with Crippen LogP contribution in [0.5, 0.6) is 0 Å². The third-order valence-electron chi connectivity index (χ3n) is 5.35. The number of fused-ring (bicyclic) bond motifs is 3. The summed E-state index contributed by atoms with van der Waals surface area (Å²) in [6, 6.07) is 19.0. The van der Waals surface area contributed by atoms with Gasteiger partial charge in [-0.1, -0.05) is 64.5 Å². The minimum Gasteiger partial charge on any atom is -0.481 e. The van der Waals surface area contributed by atoms with Crippen LogP contribution >= 0.6 is 15.9 Å². The highest BCUT2D eigenvalue weighted by atomic mass is 79.9. The number of nitrogens with one attached hydrogen (secondary N) is 1. The van der Waals surface area contributed by atoms with Gasteiger partial charge in [0, 0.05) is 16.0 Å². The summed E-state index contributed by atoms with van der Waals surface area (Å²) in [6.45, 7) is 0.0839. The minimum absolute atomic E-state index is 0.0743. The molecule has 4 rings (SSSR count). The number of carbonyl (C=O) groups is 2. The number of aliphatic carboxylic acids is 1. The van der Waals surface area contributed by atoms with Crippen molar-refractivity contribution in [1.29, 1.82) is 0 Å². The topological polar surface area (TPSA) is 75.6 Å². The summed E-state index contributed by atoms with van der Waals surface area (Å²) in [7, 11) is 0. The Balaban J connectivity index is 1.50. The summed E-state index contributed by atoms with van der Waals surface area (Å²) >= 11 is 3.25. The van der Waals surface area contributed by atoms with Crippen LogP contribution in [0.2, 0.25) is 0 Å². The zero-order valence-electron chi connectivity index (χ0n) is 16.3. The van der Waals surface area contributed by atoms with Gasteiger partial charge in [0.25, 0.3) is 0 Å². The van der Waals surface area contributed by atoms with Crippen LogP contribution in [-0.4, -0.2) is 23.8 Å². The zero-order chi connectivity index (χ0) is 22.0. The number of hydrogen-bond donors (Lipinski definition) is 2. The van der Waals surface area contributed by atoms with E-state index in [2.05, 4.69) is 21.2 Å². The summed E-state index contributed by atoms with van der Waals surface area (Å²) in [5.41, 5.74) is 4.41. The second-order valence-electron chi connectivity index (χ2n) is 7.29. The van der Waals surface area contributed by atoms with E-state index in [1.165, 1.54) is 18.2 Å². The first-order valence-electron chi connectivity index (χ1n) is 9.72. The van der Waals surface area contributed by atoms with E-state index in [4.69, 9.17) is 4.74 Å². The van der Waals surface area contributed by atoms with E-state index in [1.807, 2.05) is 48.5 Å². The maximum Gasteiger partial charge on any atom is 0.407 e. The fraction of sp³-hybridized carbons (Fsp3) is 0.167. The molecule has 0 aliphatic heterocycles. The molecule has 0 fully saturated rings. The lowest BCUT2D eigenvalue weighted by Crippen LogP contribution is -2.32. The normalized spacial score (nSPS) is 13.2. The average Bonchev–Trinajstić information content (AvgIpc) is 3.07. The SMILES string of the molecule is O=C(O)C[C@@H](NC(=O)OCC1c2ccccc2-c2ccccc21)c1cc(Br)ccc1F. The molecular weight excluding hydrogens is 465 g/mol. The first-order chi connectivity index (χ1) is 14.9. The molecule has 1 atom stereocenters. The number of hydrogen-bond acceptors (Lipinski definition) is 3. The zero-order valence-corrected chi connectivity index (χ0v) is 17.9. The Morgan fingerprint density at radius 2 is 1.65 bits per heavy atom. The van der Waals surface area contributed by atoms with Gasteiger partial charge in [-0.25, -0.2) is 9.18 Å². The Morgan fingerprint density at radius 3 is 2.26 bits per heavy atom. The molecule has 158 valence electrons. The largest absolute Gasteiger partial charge is 0.481 e. The van der Waals surface area contributed by atoms with Crippen LogP contribution in [0.4, 0.5) is 9.18 Å². The van der Waals surface area contributed by atoms with Crippen molar-refractivity contribution in [1.82, 2.24) is 5.32 Å². The van der Waals surface area contributed by atoms with Crippen molar-refractivity contribution >= 4 is 28.0 Å². The highest BCUT2D eigenvalue weighted by Crippen LogP contribution is 2.44. The van der Waals surface area contributed by atoms with Crippen LogP contribution in [0.1, 0.15) is 35.1 Å². The summed E-state index contributed by atoms with van der Waals surface area (Å²) in [4.78, 5) is 23.8. The molecule has 0 aromatic heterocycles. The predicted octanol–water partition coefficient (Wildman–Crippen LogP) is 5.64. The highest BCUT2D eigenvalue weighted by Gasteiger charge is 2.29. The molecule has 0 radical (unpaired) electrons. The summed E-state index contributed by atoms with van der Waals surface area (Å²) in [6.07, 6.45) is -1.27. The maximum absolute atomic E-state index is 14.3. The molecule has 0 unspecified atom stereocenters. The van der Waals surface area contributed by atoms with Crippen molar-refractivity contribution in [3.8, 4) is 11.1 Å². The Morgan fingerprint density at radius 1 is 1.03 bits per heavy atom. The molecular formula is C24H19BrFNO4. The van der Waals surface area contributed by atoms with Crippen LogP contribution in [-0.2, 0) is 9.53 Å². The molecule has 2 N–H and O–H groups in total. The molecule has 1 aliphatic rings. The number of halogens is 2. The number of benzene rings is 3. The second-order valence-corrected chi connectivity index (χ2v) is 8.20. The first-order valence-corrected chi connectivity index (χ1v) is 10.5. The van der Waals surface area contributed by atoms with Crippen LogP contribution < -0.4 is 5.32 Å². The molecule has 1 aliphatic carbocycles. The van der Waals surface area contributed by atoms with Crippen molar-refractivity contribution < 1.29 is 23.8 Å². The van der Waals surface area contributed by atoms with E-state index in [9.17, 15) is 19.1 Å². The Kier molecular flexibility index (Phi) is 6.04. The van der Waals surface area contributed by atoms with Crippen molar-refractivity contribution in [2.45, 2.75) is 18.4 Å². The van der Waals surface area contributed by atoms with Gasteiger partial charge in [-0.15, -0.1) is 0 Å². The van der Waals surface area contributed by atoms with Crippen molar-refractivity contribution in [3.63, 3.8) is 0 Å². The van der Waals surface area contributed by atoms with Gasteiger partial charge in [0.2, 0.25) is 0 Å². The highest BCUT2D eigenvalue weighted by molar-refractivity contribution is 9.10. The fourth-order valence-electron chi connectivity index (χ4n) is 3.98. The monoisotopic (exact) mass is 483 g/mol. The van der Waals surface area contributed by atoms with Crippen molar-refractivity contribution in [2.75, 3.05) is 6.61 Å². The standard InChI is InChI=1S/C24H19BrFNO4/c25-14-9-10-21(26)19(11-14)22(12-23(28)29)27-24(30)31-13-20-17-7-3-1-5-15(17)16-6-2-4-8-18(16)20/h1-11,20,22H,12-13H2,(H,27,30)(H,28,29)/t22-/m1/s1. The molecule has 1 amide bonds. The summed E-state index contributed by atoms with van der Waals surface area (Å²) in [5.74, 6) is -1.89. The van der Waals surface area contributed by atoms with Gasteiger partial charge in [-0.2, -0.15) is 0 Å². The lowest BCUT2D eigenvalue weighted by Gasteiger charge is -2.20. The molecule has 0 saturated carbocycles. The Labute approximate surface area is 187 Å². The third kappa shape index (κ3) is 4.46. The summed E-state index contributed by atoms with van der Waals surface area (Å²) < 4.78 is 20.3. The van der Waals surface area contributed by atoms with E-state index in [1.54, 1.807) is 0 Å². The van der Waals surface area contributed by atoms with E-state index < -0.39 is 30.3 Å². The maximum atomic E-state index is 14.3. The molecule has 5 nitrogen and oxygen atoms in total. The van der Waals surface area contributed by atoms with E-state index in [-0.39, 0.29) is 18.1 Å². The molecule has 3 aromatic carbocycles. The Bertz CT molecular complexity index is 1100. The van der Waals surface area contributed by atoms with Crippen molar-refractivity contribution in [2.24, 2.45) is 0 Å². The molecule has 0 saturated heterocycles. The number of amides is 1. The molecule has 31 heavy (non-hydrogen) atoms. The number of carboxylic acids is 1. The fourth-order valence-corrected chi connectivity index (χ4v) is 4.36. The third-order valence-corrected chi connectivity index (χ3v) is 5.84.